The van der Waals surface area contributed by atoms with Crippen molar-refractivity contribution < 1.29 is 9.59 Å². The van der Waals surface area contributed by atoms with Gasteiger partial charge in [0.05, 0.1) is 5.02 Å². The van der Waals surface area contributed by atoms with Crippen LogP contribution in [0.3, 0.4) is 0 Å². The number of anilines is 1. The molecule has 3 N–H and O–H groups in total. The summed E-state index contributed by atoms with van der Waals surface area (Å²) >= 11 is 7.60. The predicted molar refractivity (Wildman–Crippen MR) is 85.8 cm³/mol. The second kappa shape index (κ2) is 6.64. The highest BCUT2D eigenvalue weighted by molar-refractivity contribution is 7.23. The third-order valence-corrected chi connectivity index (χ3v) is 4.25. The SMILES string of the molecule is CCNC(=O)N(C)NC(=O)Nc1sc2ccccc2c1Cl. The Kier molecular flexibility index (Phi) is 4.87. The van der Waals surface area contributed by atoms with E-state index < -0.39 is 12.1 Å². The van der Waals surface area contributed by atoms with Gasteiger partial charge in [-0.05, 0) is 13.0 Å². The molecule has 1 aromatic carbocycles. The lowest BCUT2D eigenvalue weighted by Crippen LogP contribution is -2.49. The molecular formula is C13H15ClN4O2S. The molecule has 0 saturated carbocycles. The number of hydrogen-bond acceptors (Lipinski definition) is 3. The number of hydrogen-bond donors (Lipinski definition) is 3. The van der Waals surface area contributed by atoms with E-state index in [9.17, 15) is 9.59 Å². The fourth-order valence-corrected chi connectivity index (χ4v) is 3.07. The van der Waals surface area contributed by atoms with Crippen LogP contribution >= 0.6 is 22.9 Å². The number of nitrogens with one attached hydrogen (secondary N) is 3. The maximum atomic E-state index is 11.9. The molecule has 0 aliphatic carbocycles. The molecule has 0 aliphatic rings. The molecule has 4 amide bonds. The van der Waals surface area contributed by atoms with Gasteiger partial charge in [0.2, 0.25) is 0 Å². The van der Waals surface area contributed by atoms with Gasteiger partial charge in [-0.3, -0.25) is 5.32 Å². The van der Waals surface area contributed by atoms with Crippen molar-refractivity contribution in [1.29, 1.82) is 0 Å². The Morgan fingerprint density at radius 3 is 2.71 bits per heavy atom. The van der Waals surface area contributed by atoms with E-state index in [0.717, 1.165) is 15.1 Å². The normalized spacial score (nSPS) is 10.2. The average Bonchev–Trinajstić information content (AvgIpc) is 2.76. The number of nitrogens with zero attached hydrogens (tertiary/aromatic N) is 1. The topological polar surface area (TPSA) is 73.5 Å². The molecule has 2 aromatic rings. The maximum Gasteiger partial charge on any atom is 0.338 e. The number of carbonyl (C=O) groups excluding carboxylic acids is 2. The highest BCUT2D eigenvalue weighted by Gasteiger charge is 2.15. The van der Waals surface area contributed by atoms with E-state index in [1.165, 1.54) is 18.4 Å². The molecule has 0 spiro atoms. The molecular weight excluding hydrogens is 312 g/mol. The Bertz CT molecular complexity index is 673. The van der Waals surface area contributed by atoms with E-state index in [1.54, 1.807) is 6.92 Å². The van der Waals surface area contributed by atoms with Crippen LogP contribution in [-0.2, 0) is 0 Å². The molecule has 1 heterocycles. The van der Waals surface area contributed by atoms with Gasteiger partial charge in [0.15, 0.2) is 0 Å². The van der Waals surface area contributed by atoms with E-state index in [4.69, 9.17) is 11.6 Å². The van der Waals surface area contributed by atoms with Crippen molar-refractivity contribution in [3.05, 3.63) is 29.3 Å². The largest absolute Gasteiger partial charge is 0.338 e. The highest BCUT2D eigenvalue weighted by Crippen LogP contribution is 2.39. The molecule has 21 heavy (non-hydrogen) atoms. The van der Waals surface area contributed by atoms with Gasteiger partial charge in [-0.1, -0.05) is 29.8 Å². The van der Waals surface area contributed by atoms with E-state index in [0.29, 0.717) is 16.6 Å². The maximum absolute atomic E-state index is 11.9. The zero-order valence-electron chi connectivity index (χ0n) is 11.6. The highest BCUT2D eigenvalue weighted by atomic mass is 35.5. The Labute approximate surface area is 131 Å². The van der Waals surface area contributed by atoms with Crippen LogP contribution in [0.2, 0.25) is 5.02 Å². The molecule has 0 bridgehead atoms. The number of urea groups is 2. The Morgan fingerprint density at radius 1 is 1.33 bits per heavy atom. The van der Waals surface area contributed by atoms with Gasteiger partial charge >= 0.3 is 12.1 Å². The van der Waals surface area contributed by atoms with Crippen molar-refractivity contribution in [1.82, 2.24) is 15.8 Å². The fourth-order valence-electron chi connectivity index (χ4n) is 1.70. The number of fused-ring (bicyclic) bond motifs is 1. The molecule has 0 radical (unpaired) electrons. The number of thiophene rings is 1. The predicted octanol–water partition coefficient (Wildman–Crippen LogP) is 3.25. The minimum atomic E-state index is -0.530. The van der Waals surface area contributed by atoms with Crippen molar-refractivity contribution in [3.63, 3.8) is 0 Å². The molecule has 6 nitrogen and oxygen atoms in total. The van der Waals surface area contributed by atoms with E-state index in [1.807, 2.05) is 24.3 Å². The van der Waals surface area contributed by atoms with Crippen molar-refractivity contribution >= 4 is 50.1 Å². The van der Waals surface area contributed by atoms with Crippen LogP contribution < -0.4 is 16.1 Å². The summed E-state index contributed by atoms with van der Waals surface area (Å²) in [7, 11) is 1.46. The first-order chi connectivity index (χ1) is 10.0. The minimum Gasteiger partial charge on any atom is -0.337 e. The Balaban J connectivity index is 2.04. The van der Waals surface area contributed by atoms with Gasteiger partial charge in [-0.25, -0.2) is 20.0 Å². The number of carbonyl (C=O) groups is 2. The molecule has 0 saturated heterocycles. The van der Waals surface area contributed by atoms with Crippen LogP contribution in [-0.4, -0.2) is 30.7 Å². The van der Waals surface area contributed by atoms with Crippen LogP contribution in [0.15, 0.2) is 24.3 Å². The van der Waals surface area contributed by atoms with Gasteiger partial charge in [0, 0.05) is 23.7 Å². The van der Waals surface area contributed by atoms with Crippen molar-refractivity contribution in [2.45, 2.75) is 6.92 Å². The standard InChI is InChI=1S/C13H15ClN4O2S/c1-3-15-13(20)18(2)17-12(19)16-11-10(14)8-6-4-5-7-9(8)21-11/h4-7H,3H2,1-2H3,(H,15,20)(H2,16,17,19). The quantitative estimate of drug-likeness (QED) is 0.741. The molecule has 0 unspecified atom stereocenters. The third kappa shape index (κ3) is 3.56. The second-order valence-electron chi connectivity index (χ2n) is 4.20. The summed E-state index contributed by atoms with van der Waals surface area (Å²) in [5.74, 6) is 0. The van der Waals surface area contributed by atoms with Crippen molar-refractivity contribution in [3.8, 4) is 0 Å². The zero-order chi connectivity index (χ0) is 15.4. The lowest BCUT2D eigenvalue weighted by Gasteiger charge is -2.18. The monoisotopic (exact) mass is 326 g/mol. The average molecular weight is 327 g/mol. The van der Waals surface area contributed by atoms with Crippen LogP contribution in [0.5, 0.6) is 0 Å². The molecule has 8 heteroatoms. The fraction of sp³-hybridized carbons (Fsp3) is 0.231. The zero-order valence-corrected chi connectivity index (χ0v) is 13.1. The number of halogens is 1. The molecule has 0 fully saturated rings. The van der Waals surface area contributed by atoms with Gasteiger partial charge < -0.3 is 5.32 Å². The number of benzene rings is 1. The van der Waals surface area contributed by atoms with Crippen molar-refractivity contribution in [2.75, 3.05) is 18.9 Å². The minimum absolute atomic E-state index is 0.393. The molecule has 0 atom stereocenters. The summed E-state index contributed by atoms with van der Waals surface area (Å²) in [5, 5.41) is 8.20. The summed E-state index contributed by atoms with van der Waals surface area (Å²) < 4.78 is 0.981. The van der Waals surface area contributed by atoms with Gasteiger partial charge in [0.1, 0.15) is 5.00 Å². The number of hydrazine groups is 1. The van der Waals surface area contributed by atoms with Gasteiger partial charge in [-0.2, -0.15) is 0 Å². The first-order valence-corrected chi connectivity index (χ1v) is 7.48. The lowest BCUT2D eigenvalue weighted by atomic mass is 10.3. The van der Waals surface area contributed by atoms with Gasteiger partial charge in [0.25, 0.3) is 0 Å². The summed E-state index contributed by atoms with van der Waals surface area (Å²) in [5.41, 5.74) is 2.40. The first-order valence-electron chi connectivity index (χ1n) is 6.29. The van der Waals surface area contributed by atoms with Crippen molar-refractivity contribution in [2.24, 2.45) is 0 Å². The molecule has 0 aliphatic heterocycles. The smallest absolute Gasteiger partial charge is 0.337 e. The summed E-state index contributed by atoms with van der Waals surface area (Å²) in [6.07, 6.45) is 0. The lowest BCUT2D eigenvalue weighted by molar-refractivity contribution is 0.186. The summed E-state index contributed by atoms with van der Waals surface area (Å²) in [6.45, 7) is 2.28. The van der Waals surface area contributed by atoms with E-state index >= 15 is 0 Å². The summed E-state index contributed by atoms with van der Waals surface area (Å²) in [4.78, 5) is 23.4. The summed E-state index contributed by atoms with van der Waals surface area (Å²) in [6, 6.07) is 6.68. The van der Waals surface area contributed by atoms with Crippen LogP contribution in [0.4, 0.5) is 14.6 Å². The Morgan fingerprint density at radius 2 is 2.05 bits per heavy atom. The molecule has 1 aromatic heterocycles. The number of amides is 4. The molecule has 112 valence electrons. The number of rotatable bonds is 2. The van der Waals surface area contributed by atoms with E-state index in [-0.39, 0.29) is 0 Å². The third-order valence-electron chi connectivity index (χ3n) is 2.66. The first kappa shape index (κ1) is 15.4. The van der Waals surface area contributed by atoms with Gasteiger partial charge in [-0.15, -0.1) is 11.3 Å². The van der Waals surface area contributed by atoms with Crippen LogP contribution in [0.1, 0.15) is 6.92 Å². The Hall–Kier alpha value is -1.99. The molecule has 2 rings (SSSR count). The second-order valence-corrected chi connectivity index (χ2v) is 5.63. The van der Waals surface area contributed by atoms with Crippen LogP contribution in [0, 0.1) is 0 Å². The van der Waals surface area contributed by atoms with Crippen LogP contribution in [0.25, 0.3) is 10.1 Å². The van der Waals surface area contributed by atoms with E-state index in [2.05, 4.69) is 16.1 Å².